The maximum Gasteiger partial charge on any atom is 0.238 e. The van der Waals surface area contributed by atoms with Gasteiger partial charge in [-0.2, -0.15) is 0 Å². The van der Waals surface area contributed by atoms with Gasteiger partial charge in [-0.1, -0.05) is 23.4 Å². The Hall–Kier alpha value is -2.44. The van der Waals surface area contributed by atoms with Crippen molar-refractivity contribution in [1.29, 1.82) is 0 Å². The van der Waals surface area contributed by atoms with E-state index in [1.54, 1.807) is 26.2 Å². The van der Waals surface area contributed by atoms with E-state index in [2.05, 4.69) is 15.5 Å². The Labute approximate surface area is 201 Å². The number of methoxy groups -OCH3 is 1. The number of nitrogens with zero attached hydrogens (tertiary/aromatic N) is 3. The second-order valence-electron chi connectivity index (χ2n) is 7.13. The maximum atomic E-state index is 12.7. The fraction of sp³-hybridized carbons (Fsp3) is 0.286. The SMILES string of the molecule is COCCCn1c(SC(C)C(=O)Nc2ccc(S(N)(=O)=O)cc2)nnc1-c1ccc(Cl)cc1. The molecule has 0 saturated carbocycles. The summed E-state index contributed by atoms with van der Waals surface area (Å²) in [4.78, 5) is 12.7. The third-order valence-corrected chi connectivity index (χ3v) is 6.91. The summed E-state index contributed by atoms with van der Waals surface area (Å²) in [5.74, 6) is 0.416. The molecule has 0 aliphatic rings. The number of primary sulfonamides is 1. The van der Waals surface area contributed by atoms with Gasteiger partial charge in [0, 0.05) is 36.5 Å². The molecule has 3 aromatic rings. The molecule has 0 radical (unpaired) electrons. The van der Waals surface area contributed by atoms with E-state index in [0.29, 0.717) is 34.8 Å². The molecule has 0 bridgehead atoms. The van der Waals surface area contributed by atoms with Crippen molar-refractivity contribution in [1.82, 2.24) is 14.8 Å². The summed E-state index contributed by atoms with van der Waals surface area (Å²) in [7, 11) is -2.15. The van der Waals surface area contributed by atoms with Gasteiger partial charge in [0.1, 0.15) is 0 Å². The van der Waals surface area contributed by atoms with Gasteiger partial charge in [-0.25, -0.2) is 13.6 Å². The lowest BCUT2D eigenvalue weighted by Crippen LogP contribution is -2.23. The lowest BCUT2D eigenvalue weighted by Gasteiger charge is -2.14. The predicted octanol–water partition coefficient (Wildman–Crippen LogP) is 3.40. The third-order valence-electron chi connectivity index (χ3n) is 4.65. The average Bonchev–Trinajstić information content (AvgIpc) is 3.16. The van der Waals surface area contributed by atoms with Crippen molar-refractivity contribution < 1.29 is 17.9 Å². The first-order valence-corrected chi connectivity index (χ1v) is 12.8. The van der Waals surface area contributed by atoms with Crippen molar-refractivity contribution in [2.45, 2.75) is 35.2 Å². The summed E-state index contributed by atoms with van der Waals surface area (Å²) in [6.45, 7) is 2.95. The highest BCUT2D eigenvalue weighted by Gasteiger charge is 2.21. The van der Waals surface area contributed by atoms with E-state index >= 15 is 0 Å². The number of amides is 1. The van der Waals surface area contributed by atoms with Crippen LogP contribution in [0.25, 0.3) is 11.4 Å². The fourth-order valence-electron chi connectivity index (χ4n) is 2.94. The van der Waals surface area contributed by atoms with E-state index in [0.717, 1.165) is 12.0 Å². The normalized spacial score (nSPS) is 12.5. The molecule has 0 fully saturated rings. The minimum Gasteiger partial charge on any atom is -0.385 e. The topological polar surface area (TPSA) is 129 Å². The smallest absolute Gasteiger partial charge is 0.238 e. The zero-order chi connectivity index (χ0) is 24.0. The first kappa shape index (κ1) is 25.2. The molecule has 176 valence electrons. The second-order valence-corrected chi connectivity index (χ2v) is 10.4. The van der Waals surface area contributed by atoms with Gasteiger partial charge in [-0.3, -0.25) is 4.79 Å². The van der Waals surface area contributed by atoms with E-state index in [9.17, 15) is 13.2 Å². The van der Waals surface area contributed by atoms with Crippen molar-refractivity contribution in [3.05, 3.63) is 53.6 Å². The number of nitrogens with one attached hydrogen (secondary N) is 1. The number of nitrogens with two attached hydrogens (primary N) is 1. The van der Waals surface area contributed by atoms with E-state index in [-0.39, 0.29) is 10.8 Å². The van der Waals surface area contributed by atoms with Gasteiger partial charge in [-0.15, -0.1) is 10.2 Å². The Kier molecular flexibility index (Phi) is 8.49. The van der Waals surface area contributed by atoms with Crippen LogP contribution >= 0.6 is 23.4 Å². The van der Waals surface area contributed by atoms with Crippen LogP contribution in [0.1, 0.15) is 13.3 Å². The van der Waals surface area contributed by atoms with Gasteiger partial charge in [0.2, 0.25) is 15.9 Å². The molecule has 9 nitrogen and oxygen atoms in total. The first-order valence-electron chi connectivity index (χ1n) is 9.97. The minimum absolute atomic E-state index is 0.0261. The molecule has 33 heavy (non-hydrogen) atoms. The summed E-state index contributed by atoms with van der Waals surface area (Å²) in [6, 6.07) is 13.0. The highest BCUT2D eigenvalue weighted by atomic mass is 35.5. The van der Waals surface area contributed by atoms with Crippen molar-refractivity contribution in [2.24, 2.45) is 5.14 Å². The van der Waals surface area contributed by atoms with E-state index in [1.165, 1.54) is 36.0 Å². The number of hydrogen-bond acceptors (Lipinski definition) is 7. The number of benzene rings is 2. The van der Waals surface area contributed by atoms with Crippen LogP contribution in [0.2, 0.25) is 5.02 Å². The molecule has 1 atom stereocenters. The highest BCUT2D eigenvalue weighted by Crippen LogP contribution is 2.28. The summed E-state index contributed by atoms with van der Waals surface area (Å²) >= 11 is 7.28. The zero-order valence-electron chi connectivity index (χ0n) is 18.1. The van der Waals surface area contributed by atoms with Crippen molar-refractivity contribution in [3.8, 4) is 11.4 Å². The Balaban J connectivity index is 1.75. The summed E-state index contributed by atoms with van der Waals surface area (Å²) in [6.07, 6.45) is 0.750. The van der Waals surface area contributed by atoms with Crippen LogP contribution in [0.3, 0.4) is 0 Å². The molecule has 0 spiro atoms. The summed E-state index contributed by atoms with van der Waals surface area (Å²) < 4.78 is 29.9. The van der Waals surface area contributed by atoms with E-state index in [4.69, 9.17) is 21.5 Å². The number of thioether (sulfide) groups is 1. The molecule has 0 aliphatic heterocycles. The Morgan fingerprint density at radius 3 is 2.45 bits per heavy atom. The molecule has 1 unspecified atom stereocenters. The molecule has 3 rings (SSSR count). The summed E-state index contributed by atoms with van der Waals surface area (Å²) in [5, 5.41) is 17.2. The number of anilines is 1. The standard InChI is InChI=1S/C21H24ClN5O4S2/c1-14(20(28)24-17-8-10-18(11-9-17)33(23,29)30)32-21-26-25-19(27(21)12-3-13-31-2)15-4-6-16(22)7-5-15/h4-11,14H,3,12-13H2,1-2H3,(H,24,28)(H2,23,29,30). The molecule has 0 aliphatic carbocycles. The lowest BCUT2D eigenvalue weighted by molar-refractivity contribution is -0.115. The average molecular weight is 510 g/mol. The van der Waals surface area contributed by atoms with Gasteiger partial charge in [0.25, 0.3) is 0 Å². The van der Waals surface area contributed by atoms with Crippen LogP contribution in [0, 0.1) is 0 Å². The molecule has 1 amide bonds. The van der Waals surface area contributed by atoms with Gasteiger partial charge < -0.3 is 14.6 Å². The van der Waals surface area contributed by atoms with Crippen molar-refractivity contribution in [2.75, 3.05) is 19.0 Å². The number of ether oxygens (including phenoxy) is 1. The number of carbonyl (C=O) groups is 1. The van der Waals surface area contributed by atoms with Crippen molar-refractivity contribution in [3.63, 3.8) is 0 Å². The first-order chi connectivity index (χ1) is 15.7. The molecule has 0 saturated heterocycles. The number of rotatable bonds is 10. The summed E-state index contributed by atoms with van der Waals surface area (Å²) in [5.41, 5.74) is 1.33. The molecule has 1 aromatic heterocycles. The number of carbonyl (C=O) groups excluding carboxylic acids is 1. The molecular weight excluding hydrogens is 486 g/mol. The number of aromatic nitrogens is 3. The zero-order valence-corrected chi connectivity index (χ0v) is 20.5. The van der Waals surface area contributed by atoms with Crippen LogP contribution in [-0.2, 0) is 26.1 Å². The van der Waals surface area contributed by atoms with Gasteiger partial charge in [0.05, 0.1) is 10.1 Å². The van der Waals surface area contributed by atoms with Crippen LogP contribution < -0.4 is 10.5 Å². The minimum atomic E-state index is -3.79. The van der Waals surface area contributed by atoms with E-state index in [1.807, 2.05) is 16.7 Å². The van der Waals surface area contributed by atoms with Crippen LogP contribution in [0.15, 0.2) is 58.6 Å². The Morgan fingerprint density at radius 2 is 1.85 bits per heavy atom. The monoisotopic (exact) mass is 509 g/mol. The molecule has 3 N–H and O–H groups in total. The van der Waals surface area contributed by atoms with Crippen LogP contribution in [0.5, 0.6) is 0 Å². The highest BCUT2D eigenvalue weighted by molar-refractivity contribution is 8.00. The Bertz CT molecular complexity index is 1200. The van der Waals surface area contributed by atoms with Gasteiger partial charge >= 0.3 is 0 Å². The molecule has 12 heteroatoms. The lowest BCUT2D eigenvalue weighted by atomic mass is 10.2. The Morgan fingerprint density at radius 1 is 1.18 bits per heavy atom. The van der Waals surface area contributed by atoms with Gasteiger partial charge in [0.15, 0.2) is 11.0 Å². The second kappa shape index (κ2) is 11.1. The van der Waals surface area contributed by atoms with Gasteiger partial charge in [-0.05, 0) is 61.9 Å². The number of sulfonamides is 1. The third kappa shape index (κ3) is 6.78. The number of hydrogen-bond donors (Lipinski definition) is 2. The molecule has 1 heterocycles. The van der Waals surface area contributed by atoms with Crippen LogP contribution in [-0.4, -0.2) is 48.1 Å². The van der Waals surface area contributed by atoms with Crippen LogP contribution in [0.4, 0.5) is 5.69 Å². The predicted molar refractivity (Wildman–Crippen MR) is 129 cm³/mol. The molecular formula is C21H24ClN5O4S2. The largest absolute Gasteiger partial charge is 0.385 e. The van der Waals surface area contributed by atoms with Crippen molar-refractivity contribution >= 4 is 45.0 Å². The molecule has 2 aromatic carbocycles. The van der Waals surface area contributed by atoms with E-state index < -0.39 is 15.3 Å². The number of halogens is 1. The quantitative estimate of drug-likeness (QED) is 0.316. The fourth-order valence-corrected chi connectivity index (χ4v) is 4.46. The maximum absolute atomic E-state index is 12.7.